The van der Waals surface area contributed by atoms with E-state index in [1.165, 1.54) is 10.4 Å². The van der Waals surface area contributed by atoms with Crippen LogP contribution in [-0.2, 0) is 35.2 Å². The molecule has 1 heterocycles. The Bertz CT molecular complexity index is 1210. The summed E-state index contributed by atoms with van der Waals surface area (Å²) in [5.74, 6) is -0.945. The number of hydrogen-bond acceptors (Lipinski definition) is 4. The zero-order valence-corrected chi connectivity index (χ0v) is 18.7. The largest absolute Gasteiger partial charge is 0.755 e. The van der Waals surface area contributed by atoms with Crippen LogP contribution in [0.1, 0.15) is 42.1 Å². The average Bonchev–Trinajstić information content (AvgIpc) is 3.21. The third-order valence-electron chi connectivity index (χ3n) is 5.86. The van der Waals surface area contributed by atoms with Gasteiger partial charge in [0.2, 0.25) is 0 Å². The number of hydrogen-bond donors (Lipinski definition) is 1. The Kier molecular flexibility index (Phi) is 6.76. The predicted molar refractivity (Wildman–Crippen MR) is 118 cm³/mol. The number of carboxylic acid groups (broad SMARTS) is 1. The molecule has 4 rings (SSSR count). The van der Waals surface area contributed by atoms with E-state index in [-0.39, 0.29) is 13.0 Å². The van der Waals surface area contributed by atoms with Gasteiger partial charge in [0, 0.05) is 28.2 Å². The van der Waals surface area contributed by atoms with Gasteiger partial charge >= 0.3 is 12.1 Å². The summed E-state index contributed by atoms with van der Waals surface area (Å²) in [6.07, 6.45) is -1.04. The van der Waals surface area contributed by atoms with Crippen LogP contribution in [-0.4, -0.2) is 29.6 Å². The second-order valence-corrected chi connectivity index (χ2v) is 8.82. The van der Waals surface area contributed by atoms with Gasteiger partial charge in [-0.25, -0.2) is 0 Å². The molecule has 11 heteroatoms. The Labute approximate surface area is 196 Å². The number of anilines is 1. The van der Waals surface area contributed by atoms with Gasteiger partial charge in [-0.3, -0.25) is 18.0 Å². The summed E-state index contributed by atoms with van der Waals surface area (Å²) < 4.78 is 66.5. The normalized spacial score (nSPS) is 16.6. The minimum absolute atomic E-state index is 0.0903. The lowest BCUT2D eigenvalue weighted by molar-refractivity contribution is -0.138. The summed E-state index contributed by atoms with van der Waals surface area (Å²) in [6.45, 7) is 0.198. The molecule has 0 fully saturated rings. The van der Waals surface area contributed by atoms with Crippen molar-refractivity contribution >= 4 is 22.9 Å². The van der Waals surface area contributed by atoms with Gasteiger partial charge in [0.1, 0.15) is 0 Å². The van der Waals surface area contributed by atoms with E-state index in [2.05, 4.69) is 5.10 Å². The lowest BCUT2D eigenvalue weighted by Crippen LogP contribution is -2.33. The number of benzene rings is 2. The molecule has 3 aromatic rings. The lowest BCUT2D eigenvalue weighted by Gasteiger charge is -2.37. The molecule has 0 amide bonds. The van der Waals surface area contributed by atoms with Gasteiger partial charge in [-0.2, -0.15) is 18.3 Å². The summed E-state index contributed by atoms with van der Waals surface area (Å²) in [5, 5.41) is 13.2. The van der Waals surface area contributed by atoms with E-state index in [0.29, 0.717) is 36.1 Å². The van der Waals surface area contributed by atoms with Crippen LogP contribution in [0.4, 0.5) is 18.9 Å². The van der Waals surface area contributed by atoms with Gasteiger partial charge in [0.25, 0.3) is 0 Å². The summed E-state index contributed by atoms with van der Waals surface area (Å²) in [5.41, 5.74) is 2.05. The highest BCUT2D eigenvalue weighted by Crippen LogP contribution is 2.39. The third-order valence-corrected chi connectivity index (χ3v) is 6.64. The van der Waals surface area contributed by atoms with E-state index >= 15 is 0 Å². The maximum atomic E-state index is 13.0. The molecular weight excluding hydrogens is 471 g/mol. The van der Waals surface area contributed by atoms with Crippen LogP contribution >= 0.6 is 0 Å². The van der Waals surface area contributed by atoms with E-state index in [0.717, 1.165) is 23.4 Å². The molecule has 0 saturated carbocycles. The second-order valence-electron chi connectivity index (χ2n) is 7.99. The van der Waals surface area contributed by atoms with Crippen molar-refractivity contribution in [3.05, 3.63) is 71.5 Å². The van der Waals surface area contributed by atoms with Gasteiger partial charge in [-0.15, -0.1) is 0 Å². The average molecular weight is 492 g/mol. The van der Waals surface area contributed by atoms with Crippen LogP contribution in [0.5, 0.6) is 0 Å². The maximum Gasteiger partial charge on any atom is 0.416 e. The zero-order chi connectivity index (χ0) is 24.5. The smallest absolute Gasteiger partial charge is 0.416 e. The van der Waals surface area contributed by atoms with Crippen LogP contribution in [0.2, 0.25) is 0 Å². The summed E-state index contributed by atoms with van der Waals surface area (Å²) in [7, 11) is 0. The number of aromatic nitrogens is 2. The molecule has 0 bridgehead atoms. The minimum atomic E-state index is -4.46. The number of nitrogens with zero attached hydrogens (tertiary/aromatic N) is 3. The van der Waals surface area contributed by atoms with E-state index in [9.17, 15) is 26.7 Å². The van der Waals surface area contributed by atoms with Crippen molar-refractivity contribution in [3.63, 3.8) is 0 Å². The van der Waals surface area contributed by atoms with Crippen molar-refractivity contribution in [1.29, 1.82) is 0 Å². The molecule has 2 aromatic carbocycles. The van der Waals surface area contributed by atoms with Crippen molar-refractivity contribution in [1.82, 2.24) is 9.78 Å². The number of rotatable bonds is 7. The van der Waals surface area contributed by atoms with E-state index in [1.54, 1.807) is 41.2 Å². The molecule has 180 valence electrons. The summed E-state index contributed by atoms with van der Waals surface area (Å²) in [4.78, 5) is 10.9. The topological polar surface area (TPSA) is 98.5 Å². The Morgan fingerprint density at radius 1 is 1.21 bits per heavy atom. The number of carbonyl (C=O) groups is 1. The van der Waals surface area contributed by atoms with Crippen LogP contribution in [0, 0.1) is 0 Å². The molecule has 0 aliphatic heterocycles. The van der Waals surface area contributed by atoms with Gasteiger partial charge in [0.05, 0.1) is 30.8 Å². The molecule has 0 radical (unpaired) electrons. The number of aryl methyl sites for hydroxylation is 1. The SMILES string of the molecule is O=C(O)CCn1ncc2c1CCCC2N(c1ccc(-c2cccc(C(F)(F)F)c2)cc1)S(=O)[O-]. The number of carboxylic acids is 1. The van der Waals surface area contributed by atoms with E-state index < -0.39 is 35.0 Å². The first kappa shape index (κ1) is 24.0. The van der Waals surface area contributed by atoms with Crippen molar-refractivity contribution in [3.8, 4) is 11.1 Å². The zero-order valence-electron chi connectivity index (χ0n) is 17.9. The number of alkyl halides is 3. The van der Waals surface area contributed by atoms with Crippen LogP contribution in [0.3, 0.4) is 0 Å². The summed E-state index contributed by atoms with van der Waals surface area (Å²) in [6, 6.07) is 10.7. The van der Waals surface area contributed by atoms with Crippen LogP contribution < -0.4 is 4.31 Å². The lowest BCUT2D eigenvalue weighted by atomic mass is 9.92. The van der Waals surface area contributed by atoms with Crippen LogP contribution in [0.15, 0.2) is 54.7 Å². The fourth-order valence-electron chi connectivity index (χ4n) is 4.28. The van der Waals surface area contributed by atoms with Gasteiger partial charge in [-0.05, 0) is 54.7 Å². The molecule has 34 heavy (non-hydrogen) atoms. The Hall–Kier alpha value is -3.18. The standard InChI is InChI=1S/C23H22F3N3O4S/c24-23(25,26)17-4-1-3-16(13-17)15-7-9-18(10-8-15)29(34(32)33)21-6-2-5-20-19(21)14-27-28(20)12-11-22(30)31/h1,3-4,7-10,13-14,21H,2,5-6,11-12H2,(H,30,31)(H,32,33)/p-1. The first-order valence-corrected chi connectivity index (χ1v) is 11.6. The van der Waals surface area contributed by atoms with Crippen molar-refractivity contribution in [2.75, 3.05) is 4.31 Å². The highest BCUT2D eigenvalue weighted by Gasteiger charge is 2.31. The minimum Gasteiger partial charge on any atom is -0.755 e. The van der Waals surface area contributed by atoms with E-state index in [1.807, 2.05) is 0 Å². The molecule has 0 spiro atoms. The molecule has 7 nitrogen and oxygen atoms in total. The monoisotopic (exact) mass is 492 g/mol. The van der Waals surface area contributed by atoms with Crippen molar-refractivity contribution < 1.29 is 31.8 Å². The van der Waals surface area contributed by atoms with Crippen molar-refractivity contribution in [2.45, 2.75) is 44.4 Å². The molecule has 1 aliphatic carbocycles. The molecule has 1 aromatic heterocycles. The second kappa shape index (κ2) is 9.59. The summed E-state index contributed by atoms with van der Waals surface area (Å²) >= 11 is -2.62. The van der Waals surface area contributed by atoms with Crippen LogP contribution in [0.25, 0.3) is 11.1 Å². The highest BCUT2D eigenvalue weighted by atomic mass is 32.2. The third kappa shape index (κ3) is 5.00. The molecule has 0 saturated heterocycles. The Morgan fingerprint density at radius 2 is 1.94 bits per heavy atom. The Balaban J connectivity index is 1.63. The molecule has 1 aliphatic rings. The van der Waals surface area contributed by atoms with Gasteiger partial charge < -0.3 is 9.66 Å². The van der Waals surface area contributed by atoms with Gasteiger partial charge in [-0.1, -0.05) is 24.3 Å². The fourth-order valence-corrected chi connectivity index (χ4v) is 5.00. The quantitative estimate of drug-likeness (QED) is 0.481. The van der Waals surface area contributed by atoms with Crippen molar-refractivity contribution in [2.24, 2.45) is 0 Å². The highest BCUT2D eigenvalue weighted by molar-refractivity contribution is 7.80. The molecule has 1 N–H and O–H groups in total. The first-order chi connectivity index (χ1) is 16.1. The molecular formula is C23H21F3N3O4S-. The molecule has 2 atom stereocenters. The van der Waals surface area contributed by atoms with E-state index in [4.69, 9.17) is 5.11 Å². The molecule has 2 unspecified atom stereocenters. The fraction of sp³-hybridized carbons (Fsp3) is 0.304. The Morgan fingerprint density at radius 3 is 2.59 bits per heavy atom. The number of aliphatic carboxylic acids is 1. The predicted octanol–water partition coefficient (Wildman–Crippen LogP) is 4.72. The van der Waals surface area contributed by atoms with Gasteiger partial charge in [0.15, 0.2) is 0 Å². The first-order valence-electron chi connectivity index (χ1n) is 10.6. The number of fused-ring (bicyclic) bond motifs is 1. The maximum absolute atomic E-state index is 13.0. The number of halogens is 3.